The first-order chi connectivity index (χ1) is 10.7. The van der Waals surface area contributed by atoms with Gasteiger partial charge in [0.15, 0.2) is 0 Å². The molecular weight excluding hydrogens is 280 g/mol. The van der Waals surface area contributed by atoms with Gasteiger partial charge in [-0.3, -0.25) is 0 Å². The van der Waals surface area contributed by atoms with E-state index in [0.717, 1.165) is 57.7 Å². The second-order valence-electron chi connectivity index (χ2n) is 6.57. The molecule has 1 aromatic rings. The lowest BCUT2D eigenvalue weighted by Gasteiger charge is -2.41. The number of hydrogen-bond acceptors (Lipinski definition) is 6. The normalized spacial score (nSPS) is 27.7. The van der Waals surface area contributed by atoms with Gasteiger partial charge in [-0.25, -0.2) is 9.97 Å². The van der Waals surface area contributed by atoms with Gasteiger partial charge in [0.05, 0.1) is 6.61 Å². The maximum atomic E-state index is 10.6. The molecule has 0 spiro atoms. The lowest BCUT2D eigenvalue weighted by atomic mass is 9.94. The van der Waals surface area contributed by atoms with E-state index >= 15 is 0 Å². The third kappa shape index (κ3) is 3.74. The molecule has 3 heterocycles. The maximum Gasteiger partial charge on any atom is 0.131 e. The minimum Gasteiger partial charge on any atom is -0.386 e. The Hall–Kier alpha value is -1.24. The summed E-state index contributed by atoms with van der Waals surface area (Å²) in [6, 6.07) is 2.46. The van der Waals surface area contributed by atoms with Gasteiger partial charge in [-0.05, 0) is 31.7 Å². The van der Waals surface area contributed by atoms with Crippen molar-refractivity contribution >= 4 is 5.82 Å². The fraction of sp³-hybridized carbons (Fsp3) is 0.750. The minimum atomic E-state index is -0.649. The summed E-state index contributed by atoms with van der Waals surface area (Å²) < 4.78 is 5.44. The fourth-order valence-electron chi connectivity index (χ4n) is 3.52. The summed E-state index contributed by atoms with van der Waals surface area (Å²) in [5.41, 5.74) is -0.649. The smallest absolute Gasteiger partial charge is 0.131 e. The van der Waals surface area contributed by atoms with Crippen LogP contribution in [-0.4, -0.2) is 71.5 Å². The van der Waals surface area contributed by atoms with Gasteiger partial charge in [0, 0.05) is 45.5 Å². The molecule has 0 amide bonds. The molecule has 122 valence electrons. The van der Waals surface area contributed by atoms with Crippen molar-refractivity contribution in [2.24, 2.45) is 0 Å². The van der Waals surface area contributed by atoms with Crippen LogP contribution >= 0.6 is 0 Å². The average Bonchev–Trinajstić information content (AvgIpc) is 2.56. The average molecular weight is 306 g/mol. The van der Waals surface area contributed by atoms with E-state index in [4.69, 9.17) is 4.74 Å². The van der Waals surface area contributed by atoms with E-state index in [1.165, 1.54) is 0 Å². The number of nitrogens with zero attached hydrogens (tertiary/aromatic N) is 4. The monoisotopic (exact) mass is 306 g/mol. The van der Waals surface area contributed by atoms with Crippen LogP contribution < -0.4 is 4.90 Å². The Balaban J connectivity index is 1.50. The van der Waals surface area contributed by atoms with Crippen LogP contribution in [0.15, 0.2) is 18.6 Å². The summed E-state index contributed by atoms with van der Waals surface area (Å²) in [7, 11) is 2.10. The summed E-state index contributed by atoms with van der Waals surface area (Å²) in [6.07, 6.45) is 7.39. The van der Waals surface area contributed by atoms with E-state index in [1.807, 2.05) is 6.07 Å². The number of aliphatic hydroxyl groups is 1. The molecule has 1 atom stereocenters. The Bertz CT molecular complexity index is 456. The summed E-state index contributed by atoms with van der Waals surface area (Å²) in [6.45, 7) is 4.03. The molecule has 6 nitrogen and oxygen atoms in total. The van der Waals surface area contributed by atoms with E-state index in [2.05, 4.69) is 26.8 Å². The molecule has 2 aliphatic rings. The van der Waals surface area contributed by atoms with E-state index in [9.17, 15) is 5.11 Å². The Labute approximate surface area is 132 Å². The van der Waals surface area contributed by atoms with Crippen molar-refractivity contribution in [2.45, 2.75) is 37.3 Å². The predicted molar refractivity (Wildman–Crippen MR) is 84.9 cm³/mol. The van der Waals surface area contributed by atoms with Gasteiger partial charge in [0.1, 0.15) is 17.7 Å². The highest BCUT2D eigenvalue weighted by molar-refractivity contribution is 5.36. The van der Waals surface area contributed by atoms with Crippen molar-refractivity contribution < 1.29 is 9.84 Å². The number of likely N-dealkylation sites (tertiary alicyclic amines) is 1. The minimum absolute atomic E-state index is 0.480. The van der Waals surface area contributed by atoms with E-state index < -0.39 is 5.60 Å². The second-order valence-corrected chi connectivity index (χ2v) is 6.57. The topological polar surface area (TPSA) is 61.7 Å². The Morgan fingerprint density at radius 2 is 2.27 bits per heavy atom. The first-order valence-corrected chi connectivity index (χ1v) is 8.18. The van der Waals surface area contributed by atoms with Crippen LogP contribution in [0.25, 0.3) is 0 Å². The zero-order chi connectivity index (χ0) is 15.4. The number of rotatable bonds is 4. The molecule has 0 saturated carbocycles. The van der Waals surface area contributed by atoms with Gasteiger partial charge >= 0.3 is 0 Å². The number of anilines is 1. The molecule has 0 aliphatic carbocycles. The molecule has 1 unspecified atom stereocenters. The van der Waals surface area contributed by atoms with Crippen LogP contribution in [0.4, 0.5) is 5.82 Å². The summed E-state index contributed by atoms with van der Waals surface area (Å²) in [4.78, 5) is 12.9. The SMILES string of the molecule is CN(c1ccncn1)C1CCN(CC2(O)CCCOC2)CC1. The molecule has 2 saturated heterocycles. The molecule has 0 bridgehead atoms. The lowest BCUT2D eigenvalue weighted by molar-refractivity contribution is -0.102. The summed E-state index contributed by atoms with van der Waals surface area (Å²) >= 11 is 0. The highest BCUT2D eigenvalue weighted by Crippen LogP contribution is 2.24. The molecular formula is C16H26N4O2. The zero-order valence-electron chi connectivity index (χ0n) is 13.3. The zero-order valence-corrected chi connectivity index (χ0v) is 13.3. The first-order valence-electron chi connectivity index (χ1n) is 8.18. The standard InChI is InChI=1S/C16H26N4O2/c1-19(15-3-7-17-13-18-15)14-4-8-20(9-5-14)11-16(21)6-2-10-22-12-16/h3,7,13-14,21H,2,4-6,8-12H2,1H3. The molecule has 22 heavy (non-hydrogen) atoms. The van der Waals surface area contributed by atoms with Crippen molar-refractivity contribution in [3.05, 3.63) is 18.6 Å². The molecule has 0 aromatic carbocycles. The lowest BCUT2D eigenvalue weighted by Crippen LogP contribution is -2.52. The van der Waals surface area contributed by atoms with Crippen molar-refractivity contribution in [2.75, 3.05) is 44.8 Å². The van der Waals surface area contributed by atoms with Crippen LogP contribution in [0.1, 0.15) is 25.7 Å². The number of ether oxygens (including phenoxy) is 1. The first kappa shape index (κ1) is 15.6. The molecule has 6 heteroatoms. The van der Waals surface area contributed by atoms with Gasteiger partial charge in [-0.15, -0.1) is 0 Å². The highest BCUT2D eigenvalue weighted by Gasteiger charge is 2.34. The quantitative estimate of drug-likeness (QED) is 0.892. The molecule has 1 aromatic heterocycles. The number of hydrogen-bond donors (Lipinski definition) is 1. The Morgan fingerprint density at radius 3 is 2.91 bits per heavy atom. The van der Waals surface area contributed by atoms with Crippen LogP contribution in [0.5, 0.6) is 0 Å². The predicted octanol–water partition coefficient (Wildman–Crippen LogP) is 0.919. The van der Waals surface area contributed by atoms with Crippen molar-refractivity contribution in [1.29, 1.82) is 0 Å². The Morgan fingerprint density at radius 1 is 1.45 bits per heavy atom. The van der Waals surface area contributed by atoms with Crippen LogP contribution in [-0.2, 0) is 4.74 Å². The van der Waals surface area contributed by atoms with Gasteiger partial charge in [-0.2, -0.15) is 0 Å². The molecule has 1 N–H and O–H groups in total. The van der Waals surface area contributed by atoms with Gasteiger partial charge in [-0.1, -0.05) is 0 Å². The maximum absolute atomic E-state index is 10.6. The van der Waals surface area contributed by atoms with E-state index in [0.29, 0.717) is 12.6 Å². The second kappa shape index (κ2) is 6.89. The van der Waals surface area contributed by atoms with Crippen LogP contribution in [0.2, 0.25) is 0 Å². The summed E-state index contributed by atoms with van der Waals surface area (Å²) in [5, 5.41) is 10.6. The molecule has 2 fully saturated rings. The van der Waals surface area contributed by atoms with Crippen molar-refractivity contribution in [3.8, 4) is 0 Å². The third-order valence-electron chi connectivity index (χ3n) is 4.85. The number of β-amino-alcohol motifs (C(OH)–C–C–N with tert-alkyl or cyclic N) is 1. The molecule has 0 radical (unpaired) electrons. The van der Waals surface area contributed by atoms with Gasteiger partial charge in [0.25, 0.3) is 0 Å². The van der Waals surface area contributed by atoms with E-state index in [1.54, 1.807) is 12.5 Å². The Kier molecular flexibility index (Phi) is 4.90. The number of piperidine rings is 1. The van der Waals surface area contributed by atoms with Gasteiger partial charge < -0.3 is 19.6 Å². The van der Waals surface area contributed by atoms with Crippen LogP contribution in [0.3, 0.4) is 0 Å². The molecule has 2 aliphatic heterocycles. The van der Waals surface area contributed by atoms with Crippen LogP contribution in [0, 0.1) is 0 Å². The van der Waals surface area contributed by atoms with E-state index in [-0.39, 0.29) is 0 Å². The van der Waals surface area contributed by atoms with Crippen molar-refractivity contribution in [3.63, 3.8) is 0 Å². The largest absolute Gasteiger partial charge is 0.386 e. The van der Waals surface area contributed by atoms with Crippen molar-refractivity contribution in [1.82, 2.24) is 14.9 Å². The fourth-order valence-corrected chi connectivity index (χ4v) is 3.52. The third-order valence-corrected chi connectivity index (χ3v) is 4.85. The van der Waals surface area contributed by atoms with Gasteiger partial charge in [0.2, 0.25) is 0 Å². The highest BCUT2D eigenvalue weighted by atomic mass is 16.5. The summed E-state index contributed by atoms with van der Waals surface area (Å²) in [5.74, 6) is 0.979. The number of aromatic nitrogens is 2. The molecule has 3 rings (SSSR count).